The Labute approximate surface area is 270 Å². The second-order valence-corrected chi connectivity index (χ2v) is 15.4. The lowest BCUT2D eigenvalue weighted by Crippen LogP contribution is -2.51. The number of aliphatic hydroxyl groups is 1. The first-order valence-electron chi connectivity index (χ1n) is 18.3. The van der Waals surface area contributed by atoms with E-state index in [0.717, 1.165) is 82.0 Å². The molecule has 0 unspecified atom stereocenters. The summed E-state index contributed by atoms with van der Waals surface area (Å²) in [6, 6.07) is 16.0. The maximum absolute atomic E-state index is 16.1. The van der Waals surface area contributed by atoms with Crippen molar-refractivity contribution in [3.8, 4) is 5.75 Å². The van der Waals surface area contributed by atoms with Gasteiger partial charge in [-0.25, -0.2) is 4.39 Å². The highest BCUT2D eigenvalue weighted by Crippen LogP contribution is 2.63. The zero-order chi connectivity index (χ0) is 31.4. The maximum Gasteiger partial charge on any atom is 0.222 e. The minimum atomic E-state index is -0.962. The number of phenolic OH excluding ortho intramolecular Hbond substituents is 1. The molecule has 246 valence electrons. The van der Waals surface area contributed by atoms with E-state index >= 15 is 4.39 Å². The molecule has 0 saturated heterocycles. The van der Waals surface area contributed by atoms with Gasteiger partial charge in [0, 0.05) is 25.4 Å². The van der Waals surface area contributed by atoms with Crippen LogP contribution in [0.15, 0.2) is 48.5 Å². The van der Waals surface area contributed by atoms with E-state index in [1.807, 2.05) is 18.2 Å². The van der Waals surface area contributed by atoms with Crippen molar-refractivity contribution in [2.45, 2.75) is 128 Å². The van der Waals surface area contributed by atoms with Crippen LogP contribution >= 0.6 is 0 Å². The molecule has 2 aromatic rings. The number of hydrogen-bond acceptors (Lipinski definition) is 3. The van der Waals surface area contributed by atoms with E-state index in [2.05, 4.69) is 36.1 Å². The van der Waals surface area contributed by atoms with Gasteiger partial charge in [-0.2, -0.15) is 0 Å². The van der Waals surface area contributed by atoms with E-state index in [1.165, 1.54) is 37.7 Å². The van der Waals surface area contributed by atoms with Crippen LogP contribution in [0.5, 0.6) is 5.75 Å². The third kappa shape index (κ3) is 7.29. The first kappa shape index (κ1) is 32.5. The third-order valence-corrected chi connectivity index (χ3v) is 12.5. The highest BCUT2D eigenvalue weighted by molar-refractivity contribution is 5.76. The Balaban J connectivity index is 1.07. The predicted octanol–water partition coefficient (Wildman–Crippen LogP) is 8.78. The Kier molecular flexibility index (Phi) is 10.5. The fraction of sp³-hybridized carbons (Fsp3) is 0.675. The fourth-order valence-electron chi connectivity index (χ4n) is 10.2. The number of alkyl halides is 1. The molecule has 3 saturated carbocycles. The van der Waals surface area contributed by atoms with Crippen LogP contribution in [-0.2, 0) is 17.6 Å². The minimum absolute atomic E-state index is 0.137. The number of amides is 1. The van der Waals surface area contributed by atoms with E-state index in [9.17, 15) is 15.0 Å². The van der Waals surface area contributed by atoms with Crippen molar-refractivity contribution in [3.05, 3.63) is 65.2 Å². The summed E-state index contributed by atoms with van der Waals surface area (Å²) in [7, 11) is 0. The van der Waals surface area contributed by atoms with Crippen LogP contribution < -0.4 is 0 Å². The molecule has 0 aromatic heterocycles. The molecule has 0 bridgehead atoms. The number of aromatic hydroxyl groups is 1. The van der Waals surface area contributed by atoms with Gasteiger partial charge in [-0.15, -0.1) is 0 Å². The highest BCUT2D eigenvalue weighted by atomic mass is 19.1. The first-order chi connectivity index (χ1) is 21.8. The van der Waals surface area contributed by atoms with Crippen LogP contribution in [0.4, 0.5) is 4.39 Å². The van der Waals surface area contributed by atoms with Gasteiger partial charge in [0.25, 0.3) is 0 Å². The Morgan fingerprint density at radius 3 is 2.58 bits per heavy atom. The molecule has 2 N–H and O–H groups in total. The number of rotatable bonds is 12. The van der Waals surface area contributed by atoms with E-state index in [1.54, 1.807) is 6.07 Å². The Bertz CT molecular complexity index is 1260. The summed E-state index contributed by atoms with van der Waals surface area (Å²) >= 11 is 0. The summed E-state index contributed by atoms with van der Waals surface area (Å²) in [5, 5.41) is 21.2. The van der Waals surface area contributed by atoms with Crippen molar-refractivity contribution in [3.63, 3.8) is 0 Å². The van der Waals surface area contributed by atoms with Gasteiger partial charge >= 0.3 is 0 Å². The van der Waals surface area contributed by atoms with Crippen LogP contribution in [0, 0.1) is 29.1 Å². The lowest BCUT2D eigenvalue weighted by molar-refractivity contribution is -0.132. The smallest absolute Gasteiger partial charge is 0.222 e. The van der Waals surface area contributed by atoms with E-state index in [0.29, 0.717) is 36.5 Å². The summed E-state index contributed by atoms with van der Waals surface area (Å²) in [5.41, 5.74) is 3.17. The second-order valence-electron chi connectivity index (χ2n) is 15.4. The topological polar surface area (TPSA) is 60.8 Å². The third-order valence-electron chi connectivity index (χ3n) is 12.5. The number of nitrogens with zero attached hydrogens (tertiary/aromatic N) is 1. The lowest BCUT2D eigenvalue weighted by atomic mass is 9.51. The average molecular weight is 618 g/mol. The Morgan fingerprint density at radius 2 is 1.78 bits per heavy atom. The summed E-state index contributed by atoms with van der Waals surface area (Å²) < 4.78 is 16.1. The van der Waals surface area contributed by atoms with Gasteiger partial charge in [0.2, 0.25) is 5.91 Å². The number of unbranched alkanes of at least 4 members (excludes halogenated alkanes) is 2. The molecule has 0 spiro atoms. The zero-order valence-electron chi connectivity index (χ0n) is 27.5. The quantitative estimate of drug-likeness (QED) is 0.234. The van der Waals surface area contributed by atoms with Crippen molar-refractivity contribution >= 4 is 5.91 Å². The standard InChI is InChI=1S/C40H56FNO3/c1-40-26-35(41)39-33-20-19-32(43)25-31(33)24-30(38(39)34(40)21-22-36(40)44)17-9-4-10-23-42(27-29-14-7-3-8-15-29)37(45)18-11-16-28-12-5-2-6-13-28/h2,5-6,12-13,19-20,25,29-30,34-36,38-39,43-44H,3-4,7-11,14-18,21-24,26-27H2,1H3/t30-,34+,35+,36+,38+,39+,40+/m1/s1. The molecule has 4 nitrogen and oxygen atoms in total. The molecule has 4 aliphatic rings. The second kappa shape index (κ2) is 14.6. The number of hydrogen-bond donors (Lipinski definition) is 2. The molecule has 3 fully saturated rings. The molecular weight excluding hydrogens is 561 g/mol. The predicted molar refractivity (Wildman–Crippen MR) is 179 cm³/mol. The molecule has 45 heavy (non-hydrogen) atoms. The van der Waals surface area contributed by atoms with Crippen molar-refractivity contribution in [2.75, 3.05) is 13.1 Å². The first-order valence-corrected chi connectivity index (χ1v) is 18.3. The SMILES string of the molecule is C[C@]12C[C@H](F)[C@@H]3c4ccc(O)cc4C[C@@H](CCCCCN(CC4CCCCC4)C(=O)CCCc4ccccc4)[C@H]3[C@@H]1CC[C@@H]2O. The van der Waals surface area contributed by atoms with Crippen LogP contribution in [0.25, 0.3) is 0 Å². The van der Waals surface area contributed by atoms with Gasteiger partial charge in [0.05, 0.1) is 6.10 Å². The molecule has 1 amide bonds. The van der Waals surface area contributed by atoms with Crippen LogP contribution in [0.2, 0.25) is 0 Å². The molecular formula is C40H56FNO3. The summed E-state index contributed by atoms with van der Waals surface area (Å²) in [4.78, 5) is 15.7. The van der Waals surface area contributed by atoms with Gasteiger partial charge in [0.1, 0.15) is 11.9 Å². The normalized spacial score (nSPS) is 31.2. The average Bonchev–Trinajstić information content (AvgIpc) is 3.33. The van der Waals surface area contributed by atoms with Crippen molar-refractivity contribution < 1.29 is 19.4 Å². The molecule has 7 atom stereocenters. The van der Waals surface area contributed by atoms with Crippen molar-refractivity contribution in [2.24, 2.45) is 29.1 Å². The molecule has 0 heterocycles. The van der Waals surface area contributed by atoms with Crippen molar-refractivity contribution in [1.29, 1.82) is 0 Å². The van der Waals surface area contributed by atoms with Gasteiger partial charge in [0.15, 0.2) is 0 Å². The number of phenols is 1. The molecule has 6 rings (SSSR count). The molecule has 2 aromatic carbocycles. The summed E-state index contributed by atoms with van der Waals surface area (Å²) in [6.45, 7) is 3.89. The van der Waals surface area contributed by atoms with Crippen LogP contribution in [-0.4, -0.2) is 46.4 Å². The van der Waals surface area contributed by atoms with E-state index in [4.69, 9.17) is 0 Å². The van der Waals surface area contributed by atoms with E-state index < -0.39 is 12.3 Å². The number of halogens is 1. The lowest BCUT2D eigenvalue weighted by Gasteiger charge is -2.54. The number of aliphatic hydroxyl groups excluding tert-OH is 1. The van der Waals surface area contributed by atoms with Gasteiger partial charge in [-0.05, 0) is 122 Å². The Morgan fingerprint density at radius 1 is 0.978 bits per heavy atom. The number of fused-ring (bicyclic) bond motifs is 5. The van der Waals surface area contributed by atoms with Crippen molar-refractivity contribution in [1.82, 2.24) is 4.90 Å². The monoisotopic (exact) mass is 617 g/mol. The fourth-order valence-corrected chi connectivity index (χ4v) is 10.2. The number of aryl methyl sites for hydroxylation is 1. The van der Waals surface area contributed by atoms with Gasteiger partial charge in [-0.3, -0.25) is 4.79 Å². The maximum atomic E-state index is 16.1. The van der Waals surface area contributed by atoms with E-state index in [-0.39, 0.29) is 23.0 Å². The number of carbonyl (C=O) groups excluding carboxylic acids is 1. The zero-order valence-corrected chi connectivity index (χ0v) is 27.5. The Hall–Kier alpha value is -2.40. The molecule has 5 heteroatoms. The molecule has 0 radical (unpaired) electrons. The largest absolute Gasteiger partial charge is 0.508 e. The van der Waals surface area contributed by atoms with Gasteiger partial charge in [-0.1, -0.05) is 75.4 Å². The molecule has 4 aliphatic carbocycles. The van der Waals surface area contributed by atoms with Crippen LogP contribution in [0.1, 0.15) is 119 Å². The van der Waals surface area contributed by atoms with Crippen LogP contribution in [0.3, 0.4) is 0 Å². The number of benzene rings is 2. The number of carbonyl (C=O) groups is 1. The molecule has 0 aliphatic heterocycles. The summed E-state index contributed by atoms with van der Waals surface area (Å²) in [5.74, 6) is 2.03. The van der Waals surface area contributed by atoms with Gasteiger partial charge < -0.3 is 15.1 Å². The highest BCUT2D eigenvalue weighted by Gasteiger charge is 2.59. The summed E-state index contributed by atoms with van der Waals surface area (Å²) in [6.07, 6.45) is 14.8. The minimum Gasteiger partial charge on any atom is -0.508 e.